The van der Waals surface area contributed by atoms with E-state index in [4.69, 9.17) is 0 Å². The molecule has 2 heteroatoms. The molecule has 1 saturated carbocycles. The van der Waals surface area contributed by atoms with E-state index in [0.717, 1.165) is 18.0 Å². The quantitative estimate of drug-likeness (QED) is 0.836. The van der Waals surface area contributed by atoms with Crippen LogP contribution >= 0.6 is 0 Å². The molecule has 0 bridgehead atoms. The van der Waals surface area contributed by atoms with Crippen LogP contribution in [0.5, 0.6) is 0 Å². The van der Waals surface area contributed by atoms with Gasteiger partial charge >= 0.3 is 0 Å². The van der Waals surface area contributed by atoms with Gasteiger partial charge in [-0.05, 0) is 48.8 Å². The maximum atomic E-state index is 9.60. The summed E-state index contributed by atoms with van der Waals surface area (Å²) < 4.78 is 2.32. The number of hydrogen-bond donors (Lipinski definition) is 1. The molecule has 1 unspecified atom stereocenters. The van der Waals surface area contributed by atoms with Crippen molar-refractivity contribution in [3.63, 3.8) is 0 Å². The van der Waals surface area contributed by atoms with E-state index in [1.165, 1.54) is 23.7 Å². The fourth-order valence-electron chi connectivity index (χ4n) is 2.20. The lowest BCUT2D eigenvalue weighted by Gasteiger charge is -2.07. The van der Waals surface area contributed by atoms with Gasteiger partial charge in [-0.1, -0.05) is 12.1 Å². The van der Waals surface area contributed by atoms with E-state index in [2.05, 4.69) is 29.0 Å². The van der Waals surface area contributed by atoms with Crippen molar-refractivity contribution >= 4 is 10.9 Å². The van der Waals surface area contributed by atoms with E-state index in [9.17, 15) is 5.11 Å². The molecule has 1 fully saturated rings. The van der Waals surface area contributed by atoms with E-state index < -0.39 is 0 Å². The maximum Gasteiger partial charge on any atom is 0.0762 e. The van der Waals surface area contributed by atoms with E-state index in [1.54, 1.807) is 0 Å². The Hall–Kier alpha value is -1.28. The largest absolute Gasteiger partial charge is 0.389 e. The highest BCUT2D eigenvalue weighted by molar-refractivity contribution is 5.80. The number of rotatable bonds is 3. The molecule has 0 amide bonds. The number of nitrogens with zero attached hydrogens (tertiary/aromatic N) is 1. The molecule has 1 aliphatic rings. The Morgan fingerprint density at radius 1 is 1.38 bits per heavy atom. The average molecular weight is 215 g/mol. The van der Waals surface area contributed by atoms with Gasteiger partial charge < -0.3 is 9.67 Å². The van der Waals surface area contributed by atoms with Crippen LogP contribution in [-0.4, -0.2) is 9.67 Å². The highest BCUT2D eigenvalue weighted by Crippen LogP contribution is 2.32. The smallest absolute Gasteiger partial charge is 0.0762 e. The molecule has 1 aliphatic carbocycles. The zero-order valence-corrected chi connectivity index (χ0v) is 9.56. The van der Waals surface area contributed by atoms with Crippen molar-refractivity contribution in [1.29, 1.82) is 0 Å². The van der Waals surface area contributed by atoms with Gasteiger partial charge in [-0.15, -0.1) is 0 Å². The minimum atomic E-state index is -0.381. The molecule has 1 N–H and O–H groups in total. The van der Waals surface area contributed by atoms with Crippen molar-refractivity contribution in [2.24, 2.45) is 5.92 Å². The third-order valence-corrected chi connectivity index (χ3v) is 3.43. The molecule has 2 nitrogen and oxygen atoms in total. The van der Waals surface area contributed by atoms with Crippen LogP contribution in [0.1, 0.15) is 31.4 Å². The molecule has 2 aromatic rings. The first kappa shape index (κ1) is 9.91. The third kappa shape index (κ3) is 1.74. The van der Waals surface area contributed by atoms with Crippen molar-refractivity contribution in [3.05, 3.63) is 36.0 Å². The first-order valence-electron chi connectivity index (χ1n) is 6.01. The number of fused-ring (bicyclic) bond motifs is 1. The maximum absolute atomic E-state index is 9.60. The van der Waals surface area contributed by atoms with E-state index >= 15 is 0 Å². The Morgan fingerprint density at radius 2 is 2.19 bits per heavy atom. The Morgan fingerprint density at radius 3 is 2.88 bits per heavy atom. The summed E-state index contributed by atoms with van der Waals surface area (Å²) in [6.07, 6.45) is 4.52. The number of aliphatic hydroxyl groups excluding tert-OH is 1. The summed E-state index contributed by atoms with van der Waals surface area (Å²) in [6, 6.07) is 8.38. The summed E-state index contributed by atoms with van der Waals surface area (Å²) in [6.45, 7) is 2.95. The molecule has 16 heavy (non-hydrogen) atoms. The SMILES string of the molecule is CC(O)c1ccc2ccn(CC3CC3)c2c1. The molecule has 3 rings (SSSR count). The zero-order valence-electron chi connectivity index (χ0n) is 9.56. The molecule has 1 atom stereocenters. The van der Waals surface area contributed by atoms with Crippen LogP contribution in [0.25, 0.3) is 10.9 Å². The first-order chi connectivity index (χ1) is 7.74. The normalized spacial score (nSPS) is 17.9. The van der Waals surface area contributed by atoms with Gasteiger partial charge in [0, 0.05) is 18.3 Å². The standard InChI is InChI=1S/C14H17NO/c1-10(16)13-5-4-12-6-7-15(14(12)8-13)9-11-2-3-11/h4-8,10-11,16H,2-3,9H2,1H3. The minimum Gasteiger partial charge on any atom is -0.389 e. The van der Waals surface area contributed by atoms with Gasteiger partial charge in [0.2, 0.25) is 0 Å². The van der Waals surface area contributed by atoms with E-state index in [0.29, 0.717) is 0 Å². The molecule has 1 aromatic carbocycles. The second kappa shape index (κ2) is 3.63. The van der Waals surface area contributed by atoms with Crippen molar-refractivity contribution in [2.75, 3.05) is 0 Å². The van der Waals surface area contributed by atoms with Crippen LogP contribution in [-0.2, 0) is 6.54 Å². The predicted molar refractivity (Wildman–Crippen MR) is 65.3 cm³/mol. The van der Waals surface area contributed by atoms with Crippen LogP contribution in [0.4, 0.5) is 0 Å². The fourth-order valence-corrected chi connectivity index (χ4v) is 2.20. The zero-order chi connectivity index (χ0) is 11.1. The predicted octanol–water partition coefficient (Wildman–Crippen LogP) is 3.10. The lowest BCUT2D eigenvalue weighted by Crippen LogP contribution is -1.98. The Balaban J connectivity index is 2.03. The highest BCUT2D eigenvalue weighted by Gasteiger charge is 2.22. The van der Waals surface area contributed by atoms with Crippen LogP contribution in [0.15, 0.2) is 30.5 Å². The summed E-state index contributed by atoms with van der Waals surface area (Å²) in [5.74, 6) is 0.880. The van der Waals surface area contributed by atoms with E-state index in [1.807, 2.05) is 13.0 Å². The molecule has 0 saturated heterocycles. The molecule has 1 heterocycles. The van der Waals surface area contributed by atoms with Crippen molar-refractivity contribution in [1.82, 2.24) is 4.57 Å². The van der Waals surface area contributed by atoms with Crippen LogP contribution in [0.3, 0.4) is 0 Å². The lowest BCUT2D eigenvalue weighted by molar-refractivity contribution is 0.199. The van der Waals surface area contributed by atoms with Gasteiger partial charge in [0.05, 0.1) is 6.10 Å². The fraction of sp³-hybridized carbons (Fsp3) is 0.429. The molecular weight excluding hydrogens is 198 g/mol. The first-order valence-corrected chi connectivity index (χ1v) is 6.01. The Kier molecular flexibility index (Phi) is 2.25. The van der Waals surface area contributed by atoms with Crippen molar-refractivity contribution in [2.45, 2.75) is 32.4 Å². The lowest BCUT2D eigenvalue weighted by atomic mass is 10.1. The highest BCUT2D eigenvalue weighted by atomic mass is 16.3. The minimum absolute atomic E-state index is 0.381. The number of hydrogen-bond acceptors (Lipinski definition) is 1. The monoisotopic (exact) mass is 215 g/mol. The summed E-state index contributed by atoms with van der Waals surface area (Å²) in [7, 11) is 0. The number of benzene rings is 1. The molecule has 0 spiro atoms. The molecule has 0 radical (unpaired) electrons. The van der Waals surface area contributed by atoms with Gasteiger partial charge in [0.15, 0.2) is 0 Å². The number of aromatic nitrogens is 1. The van der Waals surface area contributed by atoms with Crippen LogP contribution in [0.2, 0.25) is 0 Å². The third-order valence-electron chi connectivity index (χ3n) is 3.43. The number of aliphatic hydroxyl groups is 1. The second-order valence-corrected chi connectivity index (χ2v) is 4.91. The molecular formula is C14H17NO. The topological polar surface area (TPSA) is 25.2 Å². The summed E-state index contributed by atoms with van der Waals surface area (Å²) in [5, 5.41) is 10.9. The molecule has 1 aromatic heterocycles. The van der Waals surface area contributed by atoms with Crippen molar-refractivity contribution < 1.29 is 5.11 Å². The summed E-state index contributed by atoms with van der Waals surface area (Å²) >= 11 is 0. The van der Waals surface area contributed by atoms with Gasteiger partial charge in [0.1, 0.15) is 0 Å². The summed E-state index contributed by atoms with van der Waals surface area (Å²) in [4.78, 5) is 0. The molecule has 0 aliphatic heterocycles. The van der Waals surface area contributed by atoms with Gasteiger partial charge in [-0.25, -0.2) is 0 Å². The molecule has 84 valence electrons. The van der Waals surface area contributed by atoms with Crippen molar-refractivity contribution in [3.8, 4) is 0 Å². The van der Waals surface area contributed by atoms with Crippen LogP contribution < -0.4 is 0 Å². The Labute approximate surface area is 95.5 Å². The van der Waals surface area contributed by atoms with Crippen LogP contribution in [0, 0.1) is 5.92 Å². The van der Waals surface area contributed by atoms with Gasteiger partial charge in [-0.3, -0.25) is 0 Å². The van der Waals surface area contributed by atoms with E-state index in [-0.39, 0.29) is 6.10 Å². The van der Waals surface area contributed by atoms with Gasteiger partial charge in [0.25, 0.3) is 0 Å². The second-order valence-electron chi connectivity index (χ2n) is 4.91. The average Bonchev–Trinajstić information content (AvgIpc) is 2.99. The van der Waals surface area contributed by atoms with Gasteiger partial charge in [-0.2, -0.15) is 0 Å². The summed E-state index contributed by atoms with van der Waals surface area (Å²) in [5.41, 5.74) is 2.26. The Bertz CT molecular complexity index is 508.